The van der Waals surface area contributed by atoms with Gasteiger partial charge in [0.25, 0.3) is 9.05 Å². The predicted octanol–water partition coefficient (Wildman–Crippen LogP) is 2.99. The SMILES string of the molecule is CCCCN(C(=O)CCl)c1ccc(S(=O)(=O)Cl)cc1. The lowest BCUT2D eigenvalue weighted by Gasteiger charge is -2.21. The summed E-state index contributed by atoms with van der Waals surface area (Å²) in [5.41, 5.74) is 0.614. The zero-order chi connectivity index (χ0) is 14.5. The molecule has 1 amide bonds. The Balaban J connectivity index is 3.00. The van der Waals surface area contributed by atoms with E-state index < -0.39 is 9.05 Å². The van der Waals surface area contributed by atoms with Gasteiger partial charge in [-0.05, 0) is 30.7 Å². The second-order valence-electron chi connectivity index (χ2n) is 3.96. The van der Waals surface area contributed by atoms with Crippen molar-refractivity contribution < 1.29 is 13.2 Å². The van der Waals surface area contributed by atoms with Gasteiger partial charge < -0.3 is 4.90 Å². The van der Waals surface area contributed by atoms with Crippen molar-refractivity contribution in [2.75, 3.05) is 17.3 Å². The minimum Gasteiger partial charge on any atom is -0.311 e. The molecular formula is C12H15Cl2NO3S. The fourth-order valence-corrected chi connectivity index (χ4v) is 2.49. The van der Waals surface area contributed by atoms with Crippen molar-refractivity contribution in [2.24, 2.45) is 0 Å². The molecule has 0 saturated heterocycles. The molecule has 0 heterocycles. The van der Waals surface area contributed by atoms with Crippen LogP contribution in [-0.4, -0.2) is 26.7 Å². The van der Waals surface area contributed by atoms with E-state index in [1.807, 2.05) is 6.92 Å². The van der Waals surface area contributed by atoms with Gasteiger partial charge in [-0.2, -0.15) is 0 Å². The lowest BCUT2D eigenvalue weighted by Crippen LogP contribution is -2.32. The van der Waals surface area contributed by atoms with E-state index in [-0.39, 0.29) is 16.7 Å². The average Bonchev–Trinajstić information content (AvgIpc) is 2.38. The quantitative estimate of drug-likeness (QED) is 0.597. The van der Waals surface area contributed by atoms with Gasteiger partial charge in [-0.15, -0.1) is 11.6 Å². The zero-order valence-electron chi connectivity index (χ0n) is 10.5. The van der Waals surface area contributed by atoms with Gasteiger partial charge in [-0.3, -0.25) is 4.79 Å². The van der Waals surface area contributed by atoms with Crippen molar-refractivity contribution in [1.29, 1.82) is 0 Å². The molecule has 0 aliphatic carbocycles. The number of amides is 1. The maximum atomic E-state index is 11.7. The maximum absolute atomic E-state index is 11.7. The first-order valence-electron chi connectivity index (χ1n) is 5.81. The molecule has 1 aromatic carbocycles. The van der Waals surface area contributed by atoms with E-state index in [1.165, 1.54) is 12.1 Å². The first-order chi connectivity index (χ1) is 8.90. The maximum Gasteiger partial charge on any atom is 0.261 e. The van der Waals surface area contributed by atoms with Crippen LogP contribution in [0.3, 0.4) is 0 Å². The third-order valence-corrected chi connectivity index (χ3v) is 4.18. The fraction of sp³-hybridized carbons (Fsp3) is 0.417. The van der Waals surface area contributed by atoms with Crippen LogP contribution in [-0.2, 0) is 13.8 Å². The van der Waals surface area contributed by atoms with Crippen LogP contribution in [0.2, 0.25) is 0 Å². The number of anilines is 1. The molecule has 0 fully saturated rings. The van der Waals surface area contributed by atoms with Crippen LogP contribution in [0.5, 0.6) is 0 Å². The monoisotopic (exact) mass is 323 g/mol. The number of benzene rings is 1. The lowest BCUT2D eigenvalue weighted by molar-refractivity contribution is -0.116. The minimum absolute atomic E-state index is 0.00619. The lowest BCUT2D eigenvalue weighted by atomic mass is 10.2. The third-order valence-electron chi connectivity index (χ3n) is 2.58. The van der Waals surface area contributed by atoms with Crippen LogP contribution < -0.4 is 4.90 Å². The summed E-state index contributed by atoms with van der Waals surface area (Å²) in [5, 5.41) is 0. The standard InChI is InChI=1S/C12H15Cl2NO3S/c1-2-3-8-15(12(16)9-13)10-4-6-11(7-5-10)19(14,17)18/h4-7H,2-3,8-9H2,1H3. The van der Waals surface area contributed by atoms with Gasteiger partial charge in [0, 0.05) is 22.9 Å². The van der Waals surface area contributed by atoms with Gasteiger partial charge in [0.1, 0.15) is 5.88 Å². The highest BCUT2D eigenvalue weighted by Gasteiger charge is 2.15. The topological polar surface area (TPSA) is 54.5 Å². The molecule has 0 atom stereocenters. The summed E-state index contributed by atoms with van der Waals surface area (Å²) < 4.78 is 22.3. The summed E-state index contributed by atoms with van der Waals surface area (Å²) >= 11 is 5.57. The van der Waals surface area contributed by atoms with Gasteiger partial charge in [0.2, 0.25) is 5.91 Å². The molecule has 0 aromatic heterocycles. The Bertz CT molecular complexity index is 528. The molecular weight excluding hydrogens is 309 g/mol. The number of hydrogen-bond donors (Lipinski definition) is 0. The molecule has 1 aromatic rings. The average molecular weight is 324 g/mol. The fourth-order valence-electron chi connectivity index (χ4n) is 1.57. The summed E-state index contributed by atoms with van der Waals surface area (Å²) in [6.45, 7) is 2.57. The van der Waals surface area contributed by atoms with Crippen LogP contribution in [0.1, 0.15) is 19.8 Å². The second kappa shape index (κ2) is 7.12. The highest BCUT2D eigenvalue weighted by atomic mass is 35.7. The Morgan fingerprint density at radius 2 is 1.84 bits per heavy atom. The number of carbonyl (C=O) groups excluding carboxylic acids is 1. The van der Waals surface area contributed by atoms with Crippen LogP contribution in [0.15, 0.2) is 29.2 Å². The van der Waals surface area contributed by atoms with Gasteiger partial charge in [-0.25, -0.2) is 8.42 Å². The van der Waals surface area contributed by atoms with E-state index in [0.29, 0.717) is 12.2 Å². The Kier molecular flexibility index (Phi) is 6.10. The highest BCUT2D eigenvalue weighted by molar-refractivity contribution is 8.13. The summed E-state index contributed by atoms with van der Waals surface area (Å²) in [4.78, 5) is 13.3. The molecule has 0 aliphatic heterocycles. The molecule has 0 unspecified atom stereocenters. The molecule has 1 rings (SSSR count). The van der Waals surface area contributed by atoms with E-state index in [1.54, 1.807) is 17.0 Å². The number of carbonyl (C=O) groups is 1. The molecule has 7 heteroatoms. The Hall–Kier alpha value is -0.780. The van der Waals surface area contributed by atoms with Crippen LogP contribution in [0.25, 0.3) is 0 Å². The molecule has 19 heavy (non-hydrogen) atoms. The van der Waals surface area contributed by atoms with Crippen LogP contribution >= 0.6 is 22.3 Å². The largest absolute Gasteiger partial charge is 0.311 e. The van der Waals surface area contributed by atoms with Crippen molar-refractivity contribution in [2.45, 2.75) is 24.7 Å². The third kappa shape index (κ3) is 4.67. The molecule has 0 saturated carbocycles. The first kappa shape index (κ1) is 16.3. The number of nitrogens with zero attached hydrogens (tertiary/aromatic N) is 1. The Morgan fingerprint density at radius 1 is 1.26 bits per heavy atom. The van der Waals surface area contributed by atoms with Gasteiger partial charge in [0.15, 0.2) is 0 Å². The minimum atomic E-state index is -3.75. The van der Waals surface area contributed by atoms with E-state index in [0.717, 1.165) is 12.8 Å². The Labute approximate surface area is 122 Å². The number of halogens is 2. The van der Waals surface area contributed by atoms with E-state index in [9.17, 15) is 13.2 Å². The number of alkyl halides is 1. The molecule has 0 N–H and O–H groups in total. The molecule has 0 spiro atoms. The van der Waals surface area contributed by atoms with Gasteiger partial charge >= 0.3 is 0 Å². The van der Waals surface area contributed by atoms with Gasteiger partial charge in [-0.1, -0.05) is 13.3 Å². The summed E-state index contributed by atoms with van der Waals surface area (Å²) in [6, 6.07) is 5.85. The van der Waals surface area contributed by atoms with Crippen molar-refractivity contribution in [3.8, 4) is 0 Å². The predicted molar refractivity (Wildman–Crippen MR) is 77.5 cm³/mol. The number of hydrogen-bond acceptors (Lipinski definition) is 3. The Morgan fingerprint density at radius 3 is 2.26 bits per heavy atom. The summed E-state index contributed by atoms with van der Waals surface area (Å²) in [6.07, 6.45) is 1.79. The molecule has 0 aliphatic rings. The first-order valence-corrected chi connectivity index (χ1v) is 8.65. The molecule has 0 radical (unpaired) electrons. The van der Waals surface area contributed by atoms with Crippen molar-refractivity contribution in [3.05, 3.63) is 24.3 Å². The zero-order valence-corrected chi connectivity index (χ0v) is 12.8. The molecule has 4 nitrogen and oxygen atoms in total. The number of unbranched alkanes of at least 4 members (excludes halogenated alkanes) is 1. The second-order valence-corrected chi connectivity index (χ2v) is 6.80. The number of rotatable bonds is 6. The molecule has 0 bridgehead atoms. The van der Waals surface area contributed by atoms with Crippen molar-refractivity contribution in [3.63, 3.8) is 0 Å². The van der Waals surface area contributed by atoms with Gasteiger partial charge in [0.05, 0.1) is 4.90 Å². The van der Waals surface area contributed by atoms with E-state index in [4.69, 9.17) is 22.3 Å². The van der Waals surface area contributed by atoms with Crippen molar-refractivity contribution in [1.82, 2.24) is 0 Å². The van der Waals surface area contributed by atoms with Crippen LogP contribution in [0.4, 0.5) is 5.69 Å². The molecule has 106 valence electrons. The van der Waals surface area contributed by atoms with E-state index in [2.05, 4.69) is 0 Å². The van der Waals surface area contributed by atoms with Crippen LogP contribution in [0, 0.1) is 0 Å². The normalized spacial score (nSPS) is 11.3. The smallest absolute Gasteiger partial charge is 0.261 e. The summed E-state index contributed by atoms with van der Waals surface area (Å²) in [5.74, 6) is -0.323. The highest BCUT2D eigenvalue weighted by Crippen LogP contribution is 2.21. The van der Waals surface area contributed by atoms with E-state index >= 15 is 0 Å². The van der Waals surface area contributed by atoms with Crippen molar-refractivity contribution >= 4 is 42.9 Å². The summed E-state index contributed by atoms with van der Waals surface area (Å²) in [7, 11) is 1.49.